The van der Waals surface area contributed by atoms with E-state index in [0.717, 1.165) is 10.9 Å². The summed E-state index contributed by atoms with van der Waals surface area (Å²) in [5, 5.41) is 5.84. The van der Waals surface area contributed by atoms with Crippen molar-refractivity contribution in [2.24, 2.45) is 0 Å². The normalized spacial score (nSPS) is 19.1. The van der Waals surface area contributed by atoms with Crippen LogP contribution in [0, 0.1) is 0 Å². The third-order valence-corrected chi connectivity index (χ3v) is 3.03. The van der Waals surface area contributed by atoms with Crippen molar-refractivity contribution in [3.8, 4) is 0 Å². The first-order valence-corrected chi connectivity index (χ1v) is 6.22. The first-order valence-electron chi connectivity index (χ1n) is 5.42. The molecule has 1 aromatic heterocycles. The summed E-state index contributed by atoms with van der Waals surface area (Å²) in [6.07, 6.45) is 2.52. The van der Waals surface area contributed by atoms with Gasteiger partial charge in [0.15, 0.2) is 0 Å². The van der Waals surface area contributed by atoms with Gasteiger partial charge in [0.2, 0.25) is 0 Å². The fraction of sp³-hybridized carbons (Fsp3) is 0.455. The van der Waals surface area contributed by atoms with Gasteiger partial charge in [0.05, 0.1) is 18.2 Å². The molecule has 1 aliphatic rings. The Morgan fingerprint density at radius 2 is 2.47 bits per heavy atom. The van der Waals surface area contributed by atoms with Gasteiger partial charge >= 0.3 is 0 Å². The molecule has 0 spiro atoms. The van der Waals surface area contributed by atoms with E-state index < -0.39 is 0 Å². The van der Waals surface area contributed by atoms with Crippen LogP contribution in [-0.4, -0.2) is 37.2 Å². The number of rotatable bonds is 3. The van der Waals surface area contributed by atoms with E-state index in [0.29, 0.717) is 24.6 Å². The van der Waals surface area contributed by atoms with E-state index in [4.69, 9.17) is 4.74 Å². The van der Waals surface area contributed by atoms with Crippen molar-refractivity contribution < 1.29 is 9.53 Å². The van der Waals surface area contributed by atoms with Crippen molar-refractivity contribution in [3.63, 3.8) is 0 Å². The molecule has 1 amide bonds. The maximum Gasteiger partial charge on any atom is 0.255 e. The Bertz CT molecular complexity index is 419. The van der Waals surface area contributed by atoms with Crippen LogP contribution in [0.4, 0.5) is 5.82 Å². The summed E-state index contributed by atoms with van der Waals surface area (Å²) < 4.78 is 6.00. The second-order valence-electron chi connectivity index (χ2n) is 3.83. The Kier molecular flexibility index (Phi) is 3.96. The highest BCUT2D eigenvalue weighted by molar-refractivity contribution is 9.10. The van der Waals surface area contributed by atoms with Crippen molar-refractivity contribution in [3.05, 3.63) is 22.3 Å². The number of hydrogen-bond donors (Lipinski definition) is 2. The average molecular weight is 300 g/mol. The zero-order valence-electron chi connectivity index (χ0n) is 9.50. The molecule has 2 rings (SSSR count). The molecule has 6 heteroatoms. The number of hydrogen-bond acceptors (Lipinski definition) is 4. The minimum absolute atomic E-state index is 0.103. The van der Waals surface area contributed by atoms with Crippen LogP contribution in [0.15, 0.2) is 16.7 Å². The number of ether oxygens (including phenoxy) is 1. The van der Waals surface area contributed by atoms with Gasteiger partial charge in [-0.2, -0.15) is 0 Å². The van der Waals surface area contributed by atoms with Crippen LogP contribution in [0.3, 0.4) is 0 Å². The lowest BCUT2D eigenvalue weighted by molar-refractivity contribution is 0.0930. The molecule has 1 atom stereocenters. The summed E-state index contributed by atoms with van der Waals surface area (Å²) in [7, 11) is 1.74. The Morgan fingerprint density at radius 1 is 1.65 bits per heavy atom. The molecule has 92 valence electrons. The van der Waals surface area contributed by atoms with Gasteiger partial charge in [0, 0.05) is 24.3 Å². The van der Waals surface area contributed by atoms with Gasteiger partial charge in [-0.25, -0.2) is 4.98 Å². The number of carbonyl (C=O) groups is 1. The molecular formula is C11H14BrN3O2. The fourth-order valence-electron chi connectivity index (χ4n) is 1.72. The molecule has 0 radical (unpaired) electrons. The maximum absolute atomic E-state index is 12.1. The van der Waals surface area contributed by atoms with Crippen LogP contribution >= 0.6 is 15.9 Å². The SMILES string of the molecule is CNc1ncc(Br)cc1C(=O)NC1CCOC1. The van der Waals surface area contributed by atoms with Gasteiger partial charge < -0.3 is 15.4 Å². The standard InChI is InChI=1S/C11H14BrN3O2/c1-13-10-9(4-7(12)5-14-10)11(16)15-8-2-3-17-6-8/h4-5,8H,2-3,6H2,1H3,(H,13,14)(H,15,16). The van der Waals surface area contributed by atoms with Crippen molar-refractivity contribution in [2.75, 3.05) is 25.6 Å². The van der Waals surface area contributed by atoms with Crippen LogP contribution in [0.2, 0.25) is 0 Å². The van der Waals surface area contributed by atoms with Crippen LogP contribution in [-0.2, 0) is 4.74 Å². The molecule has 0 aromatic carbocycles. The van der Waals surface area contributed by atoms with Gasteiger partial charge in [-0.15, -0.1) is 0 Å². The molecule has 1 aromatic rings. The molecule has 2 N–H and O–H groups in total. The highest BCUT2D eigenvalue weighted by atomic mass is 79.9. The Labute approximate surface area is 108 Å². The molecule has 1 aliphatic heterocycles. The van der Waals surface area contributed by atoms with Gasteiger partial charge in [-0.05, 0) is 28.4 Å². The van der Waals surface area contributed by atoms with Crippen molar-refractivity contribution in [1.82, 2.24) is 10.3 Å². The van der Waals surface area contributed by atoms with Gasteiger partial charge in [0.25, 0.3) is 5.91 Å². The number of aromatic nitrogens is 1. The summed E-state index contributed by atoms with van der Waals surface area (Å²) >= 11 is 3.31. The topological polar surface area (TPSA) is 63.2 Å². The van der Waals surface area contributed by atoms with Gasteiger partial charge in [-0.1, -0.05) is 0 Å². The summed E-state index contributed by atoms with van der Waals surface area (Å²) in [5.74, 6) is 0.447. The molecule has 0 aliphatic carbocycles. The highest BCUT2D eigenvalue weighted by Crippen LogP contribution is 2.18. The molecule has 0 saturated carbocycles. The number of nitrogens with zero attached hydrogens (tertiary/aromatic N) is 1. The Morgan fingerprint density at radius 3 is 3.12 bits per heavy atom. The third-order valence-electron chi connectivity index (χ3n) is 2.60. The molecule has 1 saturated heterocycles. The Hall–Kier alpha value is -1.14. The lowest BCUT2D eigenvalue weighted by Gasteiger charge is -2.13. The smallest absolute Gasteiger partial charge is 0.255 e. The number of halogens is 1. The van der Waals surface area contributed by atoms with Crippen molar-refractivity contribution >= 4 is 27.7 Å². The van der Waals surface area contributed by atoms with Gasteiger partial charge in [-0.3, -0.25) is 4.79 Å². The predicted octanol–water partition coefficient (Wildman–Crippen LogP) is 1.40. The van der Waals surface area contributed by atoms with Crippen LogP contribution in [0.1, 0.15) is 16.8 Å². The van der Waals surface area contributed by atoms with Crippen molar-refractivity contribution in [2.45, 2.75) is 12.5 Å². The Balaban J connectivity index is 2.14. The molecule has 1 fully saturated rings. The minimum Gasteiger partial charge on any atom is -0.379 e. The zero-order valence-corrected chi connectivity index (χ0v) is 11.1. The zero-order chi connectivity index (χ0) is 12.3. The molecule has 2 heterocycles. The number of anilines is 1. The monoisotopic (exact) mass is 299 g/mol. The van der Waals surface area contributed by atoms with E-state index in [9.17, 15) is 4.79 Å². The summed E-state index contributed by atoms with van der Waals surface area (Å²) in [4.78, 5) is 16.2. The number of carbonyl (C=O) groups excluding carboxylic acids is 1. The second kappa shape index (κ2) is 5.46. The lowest BCUT2D eigenvalue weighted by atomic mass is 10.2. The van der Waals surface area contributed by atoms with Crippen LogP contribution in [0.25, 0.3) is 0 Å². The van der Waals surface area contributed by atoms with E-state index in [1.807, 2.05) is 0 Å². The van der Waals surface area contributed by atoms with E-state index in [-0.39, 0.29) is 11.9 Å². The maximum atomic E-state index is 12.1. The van der Waals surface area contributed by atoms with E-state index in [1.165, 1.54) is 0 Å². The van der Waals surface area contributed by atoms with E-state index >= 15 is 0 Å². The number of amides is 1. The summed E-state index contributed by atoms with van der Waals surface area (Å²) in [6, 6.07) is 1.86. The molecular weight excluding hydrogens is 286 g/mol. The fourth-order valence-corrected chi connectivity index (χ4v) is 2.05. The average Bonchev–Trinajstić information content (AvgIpc) is 2.81. The van der Waals surface area contributed by atoms with Crippen molar-refractivity contribution in [1.29, 1.82) is 0 Å². The molecule has 17 heavy (non-hydrogen) atoms. The second-order valence-corrected chi connectivity index (χ2v) is 4.75. The first kappa shape index (κ1) is 12.3. The predicted molar refractivity (Wildman–Crippen MR) is 68.2 cm³/mol. The molecule has 0 bridgehead atoms. The molecule has 1 unspecified atom stereocenters. The minimum atomic E-state index is -0.126. The van der Waals surface area contributed by atoms with Crippen LogP contribution < -0.4 is 10.6 Å². The number of pyridine rings is 1. The van der Waals surface area contributed by atoms with E-state index in [1.54, 1.807) is 19.3 Å². The summed E-state index contributed by atoms with van der Waals surface area (Å²) in [6.45, 7) is 1.29. The van der Waals surface area contributed by atoms with Gasteiger partial charge in [0.1, 0.15) is 5.82 Å². The molecule has 5 nitrogen and oxygen atoms in total. The number of nitrogens with one attached hydrogen (secondary N) is 2. The quantitative estimate of drug-likeness (QED) is 0.886. The largest absolute Gasteiger partial charge is 0.379 e. The van der Waals surface area contributed by atoms with E-state index in [2.05, 4.69) is 31.5 Å². The first-order chi connectivity index (χ1) is 8.20. The lowest BCUT2D eigenvalue weighted by Crippen LogP contribution is -2.35. The third kappa shape index (κ3) is 2.95. The highest BCUT2D eigenvalue weighted by Gasteiger charge is 2.20. The summed E-state index contributed by atoms with van der Waals surface area (Å²) in [5.41, 5.74) is 0.536. The van der Waals surface area contributed by atoms with Crippen LogP contribution in [0.5, 0.6) is 0 Å².